The van der Waals surface area contributed by atoms with Crippen molar-refractivity contribution in [3.05, 3.63) is 24.3 Å². The summed E-state index contributed by atoms with van der Waals surface area (Å²) in [5.41, 5.74) is 0.360. The fourth-order valence-corrected chi connectivity index (χ4v) is 3.28. The first-order valence-corrected chi connectivity index (χ1v) is 8.52. The van der Waals surface area contributed by atoms with Gasteiger partial charge in [-0.1, -0.05) is 12.5 Å². The summed E-state index contributed by atoms with van der Waals surface area (Å²) in [6.07, 6.45) is 2.83. The van der Waals surface area contributed by atoms with Crippen LogP contribution in [0.2, 0.25) is 0 Å². The predicted molar refractivity (Wildman–Crippen MR) is 76.6 cm³/mol. The molecule has 1 saturated carbocycles. The first kappa shape index (κ1) is 15.5. The van der Waals surface area contributed by atoms with Crippen molar-refractivity contribution in [1.82, 2.24) is 0 Å². The number of carbonyl (C=O) groups excluding carboxylic acids is 1. The summed E-state index contributed by atoms with van der Waals surface area (Å²) in [7, 11) is -3.35. The third-order valence-electron chi connectivity index (χ3n) is 3.70. The SMILES string of the molecule is CS(=O)(=O)c1cccc(NC(=O)[C@@H]2CCC[C@@H]2C(=O)O)c1. The zero-order chi connectivity index (χ0) is 15.6. The maximum atomic E-state index is 12.2. The van der Waals surface area contributed by atoms with Crippen molar-refractivity contribution in [2.75, 3.05) is 11.6 Å². The van der Waals surface area contributed by atoms with Gasteiger partial charge in [0.2, 0.25) is 5.91 Å². The van der Waals surface area contributed by atoms with Crippen LogP contribution >= 0.6 is 0 Å². The maximum absolute atomic E-state index is 12.2. The zero-order valence-electron chi connectivity index (χ0n) is 11.6. The van der Waals surface area contributed by atoms with Gasteiger partial charge in [-0.15, -0.1) is 0 Å². The van der Waals surface area contributed by atoms with Crippen LogP contribution in [-0.4, -0.2) is 31.7 Å². The van der Waals surface area contributed by atoms with Crippen LogP contribution in [-0.2, 0) is 19.4 Å². The summed E-state index contributed by atoms with van der Waals surface area (Å²) in [6.45, 7) is 0. The Morgan fingerprint density at radius 3 is 2.52 bits per heavy atom. The Kier molecular flexibility index (Phi) is 4.32. The third kappa shape index (κ3) is 3.60. The molecule has 21 heavy (non-hydrogen) atoms. The number of nitrogens with one attached hydrogen (secondary N) is 1. The number of carboxylic acids is 1. The molecule has 2 rings (SSSR count). The molecule has 0 aromatic heterocycles. The van der Waals surface area contributed by atoms with Gasteiger partial charge in [0, 0.05) is 11.9 Å². The van der Waals surface area contributed by atoms with Crippen LogP contribution < -0.4 is 5.32 Å². The molecule has 0 aliphatic heterocycles. The Hall–Kier alpha value is -1.89. The molecule has 2 N–H and O–H groups in total. The van der Waals surface area contributed by atoms with Gasteiger partial charge in [-0.05, 0) is 31.0 Å². The Morgan fingerprint density at radius 1 is 1.24 bits per heavy atom. The maximum Gasteiger partial charge on any atom is 0.307 e. The number of amides is 1. The normalized spacial score (nSPS) is 22.0. The number of rotatable bonds is 4. The summed E-state index contributed by atoms with van der Waals surface area (Å²) >= 11 is 0. The molecule has 7 heteroatoms. The van der Waals surface area contributed by atoms with Gasteiger partial charge in [0.05, 0.1) is 16.7 Å². The molecule has 6 nitrogen and oxygen atoms in total. The standard InChI is InChI=1S/C14H17NO5S/c1-21(19,20)10-5-2-4-9(8-10)15-13(16)11-6-3-7-12(11)14(17)18/h2,4-5,8,11-12H,3,6-7H2,1H3,(H,15,16)(H,17,18)/t11-,12+/m1/s1. The van der Waals surface area contributed by atoms with E-state index in [4.69, 9.17) is 5.11 Å². The van der Waals surface area contributed by atoms with Crippen LogP contribution in [0, 0.1) is 11.8 Å². The molecule has 0 heterocycles. The lowest BCUT2D eigenvalue weighted by molar-refractivity contribution is -0.145. The number of carbonyl (C=O) groups is 2. The van der Waals surface area contributed by atoms with Crippen molar-refractivity contribution < 1.29 is 23.1 Å². The molecule has 0 spiro atoms. The van der Waals surface area contributed by atoms with Crippen molar-refractivity contribution in [2.45, 2.75) is 24.2 Å². The summed E-state index contributed by atoms with van der Waals surface area (Å²) in [4.78, 5) is 23.4. The second-order valence-electron chi connectivity index (χ2n) is 5.27. The van der Waals surface area contributed by atoms with E-state index >= 15 is 0 Å². The number of hydrogen-bond acceptors (Lipinski definition) is 4. The van der Waals surface area contributed by atoms with E-state index in [9.17, 15) is 18.0 Å². The highest BCUT2D eigenvalue weighted by Crippen LogP contribution is 2.33. The lowest BCUT2D eigenvalue weighted by Crippen LogP contribution is -2.30. The van der Waals surface area contributed by atoms with E-state index in [-0.39, 0.29) is 10.8 Å². The number of carboxylic acid groups (broad SMARTS) is 1. The monoisotopic (exact) mass is 311 g/mol. The molecular formula is C14H17NO5S. The molecule has 1 aromatic rings. The molecule has 1 aromatic carbocycles. The van der Waals surface area contributed by atoms with Gasteiger partial charge in [-0.3, -0.25) is 9.59 Å². The first-order valence-electron chi connectivity index (χ1n) is 6.63. The summed E-state index contributed by atoms with van der Waals surface area (Å²) in [6, 6.07) is 5.94. The summed E-state index contributed by atoms with van der Waals surface area (Å²) in [5, 5.41) is 11.7. The highest BCUT2D eigenvalue weighted by Gasteiger charge is 2.37. The fourth-order valence-electron chi connectivity index (χ4n) is 2.61. The van der Waals surface area contributed by atoms with Gasteiger partial charge in [0.1, 0.15) is 0 Å². The predicted octanol–water partition coefficient (Wildman–Crippen LogP) is 1.53. The molecule has 114 valence electrons. The van der Waals surface area contributed by atoms with E-state index in [1.165, 1.54) is 18.2 Å². The molecule has 0 radical (unpaired) electrons. The minimum atomic E-state index is -3.35. The number of sulfone groups is 1. The second kappa shape index (κ2) is 5.85. The molecule has 1 aliphatic carbocycles. The molecule has 0 saturated heterocycles. The molecular weight excluding hydrogens is 294 g/mol. The van der Waals surface area contributed by atoms with Crippen LogP contribution in [0.4, 0.5) is 5.69 Å². The second-order valence-corrected chi connectivity index (χ2v) is 7.29. The highest BCUT2D eigenvalue weighted by atomic mass is 32.2. The lowest BCUT2D eigenvalue weighted by Gasteiger charge is -2.15. The van der Waals surface area contributed by atoms with Crippen molar-refractivity contribution >= 4 is 27.4 Å². The van der Waals surface area contributed by atoms with E-state index < -0.39 is 27.6 Å². The fraction of sp³-hybridized carbons (Fsp3) is 0.429. The molecule has 1 amide bonds. The van der Waals surface area contributed by atoms with E-state index in [1.54, 1.807) is 6.07 Å². The minimum absolute atomic E-state index is 0.113. The van der Waals surface area contributed by atoms with Crippen molar-refractivity contribution in [3.8, 4) is 0 Å². The van der Waals surface area contributed by atoms with Gasteiger partial charge in [0.15, 0.2) is 9.84 Å². The number of hydrogen-bond donors (Lipinski definition) is 2. The largest absolute Gasteiger partial charge is 0.481 e. The van der Waals surface area contributed by atoms with Crippen LogP contribution in [0.5, 0.6) is 0 Å². The topological polar surface area (TPSA) is 101 Å². The summed E-state index contributed by atoms with van der Waals surface area (Å²) in [5.74, 6) is -2.56. The number of aliphatic carboxylic acids is 1. The molecule has 1 aliphatic rings. The third-order valence-corrected chi connectivity index (χ3v) is 4.81. The number of anilines is 1. The van der Waals surface area contributed by atoms with Crippen LogP contribution in [0.3, 0.4) is 0 Å². The van der Waals surface area contributed by atoms with Crippen LogP contribution in [0.15, 0.2) is 29.2 Å². The van der Waals surface area contributed by atoms with Crippen molar-refractivity contribution in [1.29, 1.82) is 0 Å². The molecule has 0 bridgehead atoms. The molecule has 2 atom stereocenters. The van der Waals surface area contributed by atoms with Crippen LogP contribution in [0.1, 0.15) is 19.3 Å². The average Bonchev–Trinajstić information content (AvgIpc) is 2.87. The Bertz CT molecular complexity index is 668. The van der Waals surface area contributed by atoms with Crippen molar-refractivity contribution in [3.63, 3.8) is 0 Å². The van der Waals surface area contributed by atoms with E-state index in [2.05, 4.69) is 5.32 Å². The smallest absolute Gasteiger partial charge is 0.307 e. The molecule has 0 unspecified atom stereocenters. The van der Waals surface area contributed by atoms with Gasteiger partial charge >= 0.3 is 5.97 Å². The van der Waals surface area contributed by atoms with E-state index in [1.807, 2.05) is 0 Å². The zero-order valence-corrected chi connectivity index (χ0v) is 12.4. The Morgan fingerprint density at radius 2 is 1.90 bits per heavy atom. The van der Waals surface area contributed by atoms with Gasteiger partial charge in [-0.2, -0.15) is 0 Å². The summed E-state index contributed by atoms with van der Waals surface area (Å²) < 4.78 is 23.0. The highest BCUT2D eigenvalue weighted by molar-refractivity contribution is 7.90. The van der Waals surface area contributed by atoms with Gasteiger partial charge in [-0.25, -0.2) is 8.42 Å². The minimum Gasteiger partial charge on any atom is -0.481 e. The van der Waals surface area contributed by atoms with Gasteiger partial charge in [0.25, 0.3) is 0 Å². The average molecular weight is 311 g/mol. The Labute approximate surface area is 123 Å². The van der Waals surface area contributed by atoms with E-state index in [0.717, 1.165) is 6.26 Å². The van der Waals surface area contributed by atoms with E-state index in [0.29, 0.717) is 24.9 Å². The Balaban J connectivity index is 2.15. The lowest BCUT2D eigenvalue weighted by atomic mass is 9.95. The first-order chi connectivity index (χ1) is 9.79. The quantitative estimate of drug-likeness (QED) is 0.878. The van der Waals surface area contributed by atoms with Crippen molar-refractivity contribution in [2.24, 2.45) is 11.8 Å². The van der Waals surface area contributed by atoms with Gasteiger partial charge < -0.3 is 10.4 Å². The van der Waals surface area contributed by atoms with Crippen LogP contribution in [0.25, 0.3) is 0 Å². The number of benzene rings is 1. The molecule has 1 fully saturated rings.